The van der Waals surface area contributed by atoms with Gasteiger partial charge in [-0.3, -0.25) is 0 Å². The van der Waals surface area contributed by atoms with E-state index in [0.717, 1.165) is 42.2 Å². The van der Waals surface area contributed by atoms with Crippen LogP contribution in [0.1, 0.15) is 37.8 Å². The lowest BCUT2D eigenvalue weighted by molar-refractivity contribution is -0.168. The van der Waals surface area contributed by atoms with E-state index in [0.29, 0.717) is 6.61 Å². The van der Waals surface area contributed by atoms with Gasteiger partial charge in [-0.25, -0.2) is 19.3 Å². The van der Waals surface area contributed by atoms with Gasteiger partial charge in [0.25, 0.3) is 0 Å². The summed E-state index contributed by atoms with van der Waals surface area (Å²) in [4.78, 5) is 8.50. The maximum atomic E-state index is 8.80. The number of hydrogen-bond acceptors (Lipinski definition) is 7. The summed E-state index contributed by atoms with van der Waals surface area (Å²) in [6, 6.07) is 11.3. The number of aromatic nitrogens is 6. The molecule has 1 atom stereocenters. The zero-order valence-electron chi connectivity index (χ0n) is 17.7. The Hall–Kier alpha value is -3.40. The maximum absolute atomic E-state index is 8.80. The molecule has 1 aliphatic heterocycles. The predicted octanol–water partition coefficient (Wildman–Crippen LogP) is 3.71. The molecule has 0 aromatic carbocycles. The van der Waals surface area contributed by atoms with Crippen molar-refractivity contribution in [3.05, 3.63) is 84.7 Å². The van der Waals surface area contributed by atoms with Crippen molar-refractivity contribution >= 4 is 0 Å². The van der Waals surface area contributed by atoms with Crippen LogP contribution in [0.5, 0.6) is 0 Å². The van der Waals surface area contributed by atoms with Crippen LogP contribution in [0.4, 0.5) is 0 Å². The molecule has 1 unspecified atom stereocenters. The Bertz CT molecular complexity index is 1030. The number of nitrogens with zero attached hydrogens (tertiary/aromatic N) is 6. The van der Waals surface area contributed by atoms with E-state index in [-0.39, 0.29) is 20.3 Å². The molecule has 1 aliphatic rings. The third-order valence-electron chi connectivity index (χ3n) is 4.85. The Morgan fingerprint density at radius 3 is 2.00 bits per heavy atom. The molecule has 1 fully saturated rings. The van der Waals surface area contributed by atoms with Crippen molar-refractivity contribution in [3.8, 4) is 11.6 Å². The molecule has 33 heavy (non-hydrogen) atoms. The summed E-state index contributed by atoms with van der Waals surface area (Å²) in [6.07, 6.45) is 13.8. The van der Waals surface area contributed by atoms with Crippen LogP contribution in [-0.4, -0.2) is 47.5 Å². The Morgan fingerprint density at radius 2 is 1.55 bits per heavy atom. The summed E-state index contributed by atoms with van der Waals surface area (Å²) in [5, 5.41) is 17.0. The highest BCUT2D eigenvalue weighted by Crippen LogP contribution is 2.15. The van der Waals surface area contributed by atoms with Gasteiger partial charge in [0.05, 0.1) is 13.2 Å². The van der Waals surface area contributed by atoms with Crippen LogP contribution < -0.4 is 0 Å². The molecule has 4 aromatic heterocycles. The normalized spacial score (nSPS) is 15.2. The number of pyridine rings is 2. The van der Waals surface area contributed by atoms with E-state index >= 15 is 0 Å². The second-order valence-corrected chi connectivity index (χ2v) is 7.22. The molecule has 0 radical (unpaired) electrons. The van der Waals surface area contributed by atoms with E-state index in [4.69, 9.17) is 14.6 Å². The first-order chi connectivity index (χ1) is 15.8. The van der Waals surface area contributed by atoms with Crippen molar-refractivity contribution in [1.82, 2.24) is 29.5 Å². The first-order valence-corrected chi connectivity index (χ1v) is 10.6. The molecule has 5 rings (SSSR count). The molecule has 0 saturated carbocycles. The molecule has 0 bridgehead atoms. The fourth-order valence-electron chi connectivity index (χ4n) is 3.12. The third kappa shape index (κ3) is 7.04. The molecule has 0 aliphatic carbocycles. The number of aliphatic hydroxyl groups is 1. The van der Waals surface area contributed by atoms with Crippen molar-refractivity contribution in [1.29, 1.82) is 0 Å². The largest absolute Gasteiger partial charge is 0.392 e. The van der Waals surface area contributed by atoms with Crippen LogP contribution in [0.2, 0.25) is 0 Å². The third-order valence-corrected chi connectivity index (χ3v) is 4.85. The maximum Gasteiger partial charge on any atom is 0.158 e. The van der Waals surface area contributed by atoms with Crippen LogP contribution in [0, 0.1) is 0 Å². The van der Waals surface area contributed by atoms with Gasteiger partial charge in [0.1, 0.15) is 0 Å². The smallest absolute Gasteiger partial charge is 0.158 e. The van der Waals surface area contributed by atoms with Crippen LogP contribution in [-0.2, 0) is 22.7 Å². The van der Waals surface area contributed by atoms with Gasteiger partial charge in [0.2, 0.25) is 0 Å². The second kappa shape index (κ2) is 12.6. The van der Waals surface area contributed by atoms with Crippen molar-refractivity contribution in [2.45, 2.75) is 46.2 Å². The lowest BCUT2D eigenvalue weighted by Crippen LogP contribution is -2.22. The molecule has 1 N–H and O–H groups in total. The van der Waals surface area contributed by atoms with Crippen LogP contribution in [0.25, 0.3) is 11.6 Å². The first kappa shape index (κ1) is 24.2. The highest BCUT2D eigenvalue weighted by Gasteiger charge is 2.14. The SMILES string of the molecule is C.OCc1ccc(-n2cccn2)nc1.c1cnn(-c2ccc(COC3CCCCO3)cn2)c1. The van der Waals surface area contributed by atoms with Crippen molar-refractivity contribution in [2.75, 3.05) is 6.61 Å². The summed E-state index contributed by atoms with van der Waals surface area (Å²) in [5.41, 5.74) is 1.85. The molecule has 9 heteroatoms. The fourth-order valence-corrected chi connectivity index (χ4v) is 3.12. The van der Waals surface area contributed by atoms with E-state index in [1.54, 1.807) is 28.0 Å². The second-order valence-electron chi connectivity index (χ2n) is 7.22. The van der Waals surface area contributed by atoms with Gasteiger partial charge in [-0.2, -0.15) is 10.2 Å². The Balaban J connectivity index is 0.000000192. The molecule has 0 amide bonds. The fraction of sp³-hybridized carbons (Fsp3) is 0.333. The van der Waals surface area contributed by atoms with Gasteiger partial charge in [-0.15, -0.1) is 0 Å². The van der Waals surface area contributed by atoms with Gasteiger partial charge in [0, 0.05) is 43.8 Å². The van der Waals surface area contributed by atoms with Crippen molar-refractivity contribution in [3.63, 3.8) is 0 Å². The van der Waals surface area contributed by atoms with E-state index < -0.39 is 0 Å². The highest BCUT2D eigenvalue weighted by molar-refractivity contribution is 5.24. The summed E-state index contributed by atoms with van der Waals surface area (Å²) in [5.74, 6) is 1.56. The summed E-state index contributed by atoms with van der Waals surface area (Å²) < 4.78 is 14.6. The highest BCUT2D eigenvalue weighted by atomic mass is 16.7. The molecule has 174 valence electrons. The van der Waals surface area contributed by atoms with Gasteiger partial charge < -0.3 is 14.6 Å². The topological polar surface area (TPSA) is 100 Å². The number of rotatable bonds is 6. The summed E-state index contributed by atoms with van der Waals surface area (Å²) >= 11 is 0. The number of aliphatic hydroxyl groups excluding tert-OH is 1. The monoisotopic (exact) mass is 450 g/mol. The molecule has 0 spiro atoms. The molecule has 4 aromatic rings. The zero-order valence-corrected chi connectivity index (χ0v) is 17.7. The number of hydrogen-bond donors (Lipinski definition) is 1. The average molecular weight is 451 g/mol. The van der Waals surface area contributed by atoms with E-state index in [9.17, 15) is 0 Å². The molecule has 5 heterocycles. The van der Waals surface area contributed by atoms with Gasteiger partial charge in [-0.05, 0) is 54.7 Å². The van der Waals surface area contributed by atoms with E-state index in [1.165, 1.54) is 6.42 Å². The summed E-state index contributed by atoms with van der Waals surface area (Å²) in [7, 11) is 0. The molecule has 1 saturated heterocycles. The van der Waals surface area contributed by atoms with E-state index in [1.807, 2.05) is 55.0 Å². The predicted molar refractivity (Wildman–Crippen MR) is 124 cm³/mol. The van der Waals surface area contributed by atoms with Crippen LogP contribution >= 0.6 is 0 Å². The minimum atomic E-state index is -0.0560. The lowest BCUT2D eigenvalue weighted by Gasteiger charge is -2.22. The standard InChI is InChI=1S/C14H17N3O2.C9H9N3O.CH4/c1-2-9-18-14(4-1)19-11-12-5-6-13(15-10-12)17-8-3-7-16-17;13-7-8-2-3-9(10-6-8)12-5-1-4-11-12;/h3,5-8,10,14H,1-2,4,9,11H2;1-6,13H,7H2;1H4. The Labute approximate surface area is 193 Å². The van der Waals surface area contributed by atoms with Crippen molar-refractivity contribution in [2.24, 2.45) is 0 Å². The Morgan fingerprint density at radius 1 is 0.909 bits per heavy atom. The lowest BCUT2D eigenvalue weighted by atomic mass is 10.2. The molecule has 9 nitrogen and oxygen atoms in total. The quantitative estimate of drug-likeness (QED) is 0.478. The van der Waals surface area contributed by atoms with Gasteiger partial charge >= 0.3 is 0 Å². The van der Waals surface area contributed by atoms with Crippen LogP contribution in [0.3, 0.4) is 0 Å². The van der Waals surface area contributed by atoms with Crippen LogP contribution in [0.15, 0.2) is 73.6 Å². The summed E-state index contributed by atoms with van der Waals surface area (Å²) in [6.45, 7) is 1.37. The molecular weight excluding hydrogens is 420 g/mol. The number of ether oxygens (including phenoxy) is 2. The average Bonchev–Trinajstić information content (AvgIpc) is 3.59. The minimum absolute atomic E-state index is 0. The van der Waals surface area contributed by atoms with Gasteiger partial charge in [-0.1, -0.05) is 19.6 Å². The molecular formula is C24H30N6O3. The van der Waals surface area contributed by atoms with E-state index in [2.05, 4.69) is 20.2 Å². The van der Waals surface area contributed by atoms with Crippen molar-refractivity contribution < 1.29 is 14.6 Å². The zero-order chi connectivity index (χ0) is 22.0. The Kier molecular flexibility index (Phi) is 9.25. The van der Waals surface area contributed by atoms with Gasteiger partial charge in [0.15, 0.2) is 17.9 Å². The minimum Gasteiger partial charge on any atom is -0.392 e. The first-order valence-electron chi connectivity index (χ1n) is 10.6.